The van der Waals surface area contributed by atoms with E-state index in [2.05, 4.69) is 10.6 Å². The number of carboxylic acid groups (broad SMARTS) is 1. The van der Waals surface area contributed by atoms with Crippen LogP contribution in [0, 0.1) is 11.2 Å². The van der Waals surface area contributed by atoms with Crippen LogP contribution in [0.1, 0.15) is 27.7 Å². The van der Waals surface area contributed by atoms with Crippen molar-refractivity contribution in [1.29, 1.82) is 0 Å². The smallest absolute Gasteiger partial charge is 0.319 e. The molecule has 1 rings (SSSR count). The highest BCUT2D eigenvalue weighted by Crippen LogP contribution is 2.30. The molecule has 1 aromatic carbocycles. The van der Waals surface area contributed by atoms with Gasteiger partial charge in [0.05, 0.1) is 16.0 Å². The molecule has 0 aliphatic carbocycles. The SMILES string of the molecule is CC(C)(NC(=O)Nc1ccc(F)c(Cl)c1)C(C)(C)C(=O)O. The molecule has 0 aromatic heterocycles. The molecule has 0 saturated heterocycles. The van der Waals surface area contributed by atoms with Gasteiger partial charge in [0, 0.05) is 5.69 Å². The van der Waals surface area contributed by atoms with Gasteiger partial charge in [0.15, 0.2) is 0 Å². The molecule has 0 aliphatic heterocycles. The average molecular weight is 317 g/mol. The quantitative estimate of drug-likeness (QED) is 0.795. The molecule has 0 unspecified atom stereocenters. The van der Waals surface area contributed by atoms with Crippen molar-refractivity contribution in [3.05, 3.63) is 29.0 Å². The van der Waals surface area contributed by atoms with E-state index in [-0.39, 0.29) is 5.02 Å². The minimum Gasteiger partial charge on any atom is -0.481 e. The van der Waals surface area contributed by atoms with Gasteiger partial charge in [-0.15, -0.1) is 0 Å². The highest BCUT2D eigenvalue weighted by Gasteiger charge is 2.44. The maximum Gasteiger partial charge on any atom is 0.319 e. The predicted molar refractivity (Wildman–Crippen MR) is 79.1 cm³/mol. The molecule has 0 heterocycles. The van der Waals surface area contributed by atoms with Gasteiger partial charge in [-0.05, 0) is 45.9 Å². The van der Waals surface area contributed by atoms with Crippen LogP contribution in [0.2, 0.25) is 5.02 Å². The summed E-state index contributed by atoms with van der Waals surface area (Å²) in [6.07, 6.45) is 0. The number of benzene rings is 1. The van der Waals surface area contributed by atoms with Crippen molar-refractivity contribution in [2.45, 2.75) is 33.2 Å². The standard InChI is InChI=1S/C14H18ClFN2O3/c1-13(2,11(19)20)14(3,4)18-12(21)17-8-5-6-10(16)9(15)7-8/h5-7H,1-4H3,(H,19,20)(H2,17,18,21). The van der Waals surface area contributed by atoms with Gasteiger partial charge in [-0.3, -0.25) is 4.79 Å². The molecule has 1 aromatic rings. The maximum atomic E-state index is 13.0. The van der Waals surface area contributed by atoms with Crippen molar-refractivity contribution in [1.82, 2.24) is 5.32 Å². The molecule has 0 radical (unpaired) electrons. The molecule has 21 heavy (non-hydrogen) atoms. The zero-order chi connectivity index (χ0) is 16.4. The van der Waals surface area contributed by atoms with Crippen LogP contribution in [0.5, 0.6) is 0 Å². The number of carbonyl (C=O) groups excluding carboxylic acids is 1. The summed E-state index contributed by atoms with van der Waals surface area (Å²) in [7, 11) is 0. The number of halogens is 2. The topological polar surface area (TPSA) is 78.4 Å². The lowest BCUT2D eigenvalue weighted by Crippen LogP contribution is -2.57. The van der Waals surface area contributed by atoms with Gasteiger partial charge in [0.1, 0.15) is 5.82 Å². The van der Waals surface area contributed by atoms with E-state index in [1.165, 1.54) is 26.0 Å². The number of anilines is 1. The fraction of sp³-hybridized carbons (Fsp3) is 0.429. The van der Waals surface area contributed by atoms with E-state index < -0.39 is 28.8 Å². The molecule has 0 aliphatic rings. The molecule has 116 valence electrons. The summed E-state index contributed by atoms with van der Waals surface area (Å²) in [5, 5.41) is 14.2. The largest absolute Gasteiger partial charge is 0.481 e. The van der Waals surface area contributed by atoms with Crippen LogP contribution in [0.3, 0.4) is 0 Å². The number of hydrogen-bond donors (Lipinski definition) is 3. The van der Waals surface area contributed by atoms with E-state index in [4.69, 9.17) is 11.6 Å². The summed E-state index contributed by atoms with van der Waals surface area (Å²) in [5.74, 6) is -1.62. The monoisotopic (exact) mass is 316 g/mol. The molecule has 5 nitrogen and oxygen atoms in total. The Morgan fingerprint density at radius 1 is 1.24 bits per heavy atom. The Hall–Kier alpha value is -1.82. The second-order valence-electron chi connectivity index (χ2n) is 5.76. The van der Waals surface area contributed by atoms with Gasteiger partial charge >= 0.3 is 12.0 Å². The van der Waals surface area contributed by atoms with Crippen LogP contribution >= 0.6 is 11.6 Å². The molecule has 0 bridgehead atoms. The Morgan fingerprint density at radius 3 is 2.29 bits per heavy atom. The van der Waals surface area contributed by atoms with Gasteiger partial charge < -0.3 is 15.7 Å². The molecular formula is C14H18ClFN2O3. The first-order valence-electron chi connectivity index (χ1n) is 6.25. The van der Waals surface area contributed by atoms with E-state index in [0.717, 1.165) is 6.07 Å². The second kappa shape index (κ2) is 5.89. The van der Waals surface area contributed by atoms with Crippen LogP contribution in [0.15, 0.2) is 18.2 Å². The molecule has 0 atom stereocenters. The summed E-state index contributed by atoms with van der Waals surface area (Å²) < 4.78 is 13.0. The lowest BCUT2D eigenvalue weighted by atomic mass is 9.74. The molecule has 2 amide bonds. The summed E-state index contributed by atoms with van der Waals surface area (Å²) in [5.41, 5.74) is -1.87. The maximum absolute atomic E-state index is 13.0. The number of nitrogens with one attached hydrogen (secondary N) is 2. The number of carbonyl (C=O) groups is 2. The van der Waals surface area contributed by atoms with Crippen molar-refractivity contribution < 1.29 is 19.1 Å². The second-order valence-corrected chi connectivity index (χ2v) is 6.17. The number of amides is 2. The molecule has 0 spiro atoms. The molecule has 0 saturated carbocycles. The van der Waals surface area contributed by atoms with Crippen molar-refractivity contribution >= 4 is 29.3 Å². The number of carboxylic acids is 1. The predicted octanol–water partition coefficient (Wildman–Crippen LogP) is 3.49. The zero-order valence-corrected chi connectivity index (χ0v) is 13.0. The number of urea groups is 1. The van der Waals surface area contributed by atoms with Crippen molar-refractivity contribution in [2.75, 3.05) is 5.32 Å². The fourth-order valence-corrected chi connectivity index (χ4v) is 1.62. The lowest BCUT2D eigenvalue weighted by Gasteiger charge is -2.38. The van der Waals surface area contributed by atoms with E-state index >= 15 is 0 Å². The minimum atomic E-state index is -1.18. The number of aliphatic carboxylic acids is 1. The van der Waals surface area contributed by atoms with E-state index in [1.807, 2.05) is 0 Å². The molecular weight excluding hydrogens is 299 g/mol. The zero-order valence-electron chi connectivity index (χ0n) is 12.3. The third-order valence-corrected chi connectivity index (χ3v) is 3.99. The number of hydrogen-bond acceptors (Lipinski definition) is 2. The first kappa shape index (κ1) is 17.2. The minimum absolute atomic E-state index is 0.113. The summed E-state index contributed by atoms with van der Waals surface area (Å²) >= 11 is 5.62. The first-order chi connectivity index (χ1) is 9.47. The Bertz CT molecular complexity index is 573. The Morgan fingerprint density at radius 2 is 1.81 bits per heavy atom. The average Bonchev–Trinajstić information content (AvgIpc) is 2.32. The highest BCUT2D eigenvalue weighted by atomic mass is 35.5. The van der Waals surface area contributed by atoms with Crippen LogP contribution in [-0.2, 0) is 4.79 Å². The Balaban J connectivity index is 2.81. The van der Waals surface area contributed by atoms with Gasteiger partial charge in [0.2, 0.25) is 0 Å². The van der Waals surface area contributed by atoms with Crippen LogP contribution in [0.25, 0.3) is 0 Å². The van der Waals surface area contributed by atoms with Gasteiger partial charge in [-0.2, -0.15) is 0 Å². The summed E-state index contributed by atoms with van der Waals surface area (Å²) in [4.78, 5) is 23.2. The van der Waals surface area contributed by atoms with Crippen LogP contribution < -0.4 is 10.6 Å². The van der Waals surface area contributed by atoms with Crippen molar-refractivity contribution in [2.24, 2.45) is 5.41 Å². The van der Waals surface area contributed by atoms with Crippen molar-refractivity contribution in [3.8, 4) is 0 Å². The normalized spacial score (nSPS) is 11.9. The Kier molecular flexibility index (Phi) is 4.83. The fourth-order valence-electron chi connectivity index (χ4n) is 1.44. The Labute approximate surface area is 127 Å². The van der Waals surface area contributed by atoms with Crippen LogP contribution in [-0.4, -0.2) is 22.6 Å². The third-order valence-electron chi connectivity index (χ3n) is 3.70. The van der Waals surface area contributed by atoms with Crippen LogP contribution in [0.4, 0.5) is 14.9 Å². The van der Waals surface area contributed by atoms with Gasteiger partial charge in [0.25, 0.3) is 0 Å². The van der Waals surface area contributed by atoms with E-state index in [9.17, 15) is 19.1 Å². The molecule has 0 fully saturated rings. The van der Waals surface area contributed by atoms with Gasteiger partial charge in [-0.1, -0.05) is 11.6 Å². The highest BCUT2D eigenvalue weighted by molar-refractivity contribution is 6.31. The van der Waals surface area contributed by atoms with Gasteiger partial charge in [-0.25, -0.2) is 9.18 Å². The molecule has 3 N–H and O–H groups in total. The van der Waals surface area contributed by atoms with Crippen molar-refractivity contribution in [3.63, 3.8) is 0 Å². The van der Waals surface area contributed by atoms with E-state index in [1.54, 1.807) is 13.8 Å². The lowest BCUT2D eigenvalue weighted by molar-refractivity contribution is -0.150. The third kappa shape index (κ3) is 3.85. The summed E-state index contributed by atoms with van der Waals surface area (Å²) in [6.45, 7) is 6.26. The first-order valence-corrected chi connectivity index (χ1v) is 6.63. The number of rotatable bonds is 4. The summed E-state index contributed by atoms with van der Waals surface area (Å²) in [6, 6.07) is 3.16. The van der Waals surface area contributed by atoms with E-state index in [0.29, 0.717) is 5.69 Å². The molecule has 7 heteroatoms.